The summed E-state index contributed by atoms with van der Waals surface area (Å²) < 4.78 is 0. The summed E-state index contributed by atoms with van der Waals surface area (Å²) in [5.74, 6) is 1.05. The lowest BCUT2D eigenvalue weighted by Crippen LogP contribution is -2.25. The molecule has 1 aliphatic rings. The molecule has 0 saturated carbocycles. The number of hydrogen-bond acceptors (Lipinski definition) is 3. The zero-order valence-corrected chi connectivity index (χ0v) is 5.74. The molecule has 2 atom stereocenters. The summed E-state index contributed by atoms with van der Waals surface area (Å²) >= 11 is 1.91. The summed E-state index contributed by atoms with van der Waals surface area (Å²) in [6, 6.07) is 0.343. The minimum atomic E-state index is 0.343. The second-order valence-corrected chi connectivity index (χ2v) is 3.68. The zero-order chi connectivity index (χ0) is 5.98. The lowest BCUT2D eigenvalue weighted by atomic mass is 10.2. The highest BCUT2D eigenvalue weighted by Gasteiger charge is 2.20. The molecule has 2 nitrogen and oxygen atoms in total. The normalized spacial score (nSPS) is 38.2. The van der Waals surface area contributed by atoms with Crippen molar-refractivity contribution in [3.05, 3.63) is 0 Å². The molecule has 2 N–H and O–H groups in total. The van der Waals surface area contributed by atoms with E-state index in [-0.39, 0.29) is 0 Å². The third-order valence-electron chi connectivity index (χ3n) is 1.38. The maximum Gasteiger partial charge on any atom is 0.0420 e. The molecule has 8 heavy (non-hydrogen) atoms. The summed E-state index contributed by atoms with van der Waals surface area (Å²) in [7, 11) is 0. The monoisotopic (exact) mass is 133 g/mol. The quantitative estimate of drug-likeness (QED) is 0.520. The van der Waals surface area contributed by atoms with E-state index in [1.165, 1.54) is 0 Å². The minimum absolute atomic E-state index is 0.343. The topological polar surface area (TPSA) is 32.3 Å². The summed E-state index contributed by atoms with van der Waals surface area (Å²) in [5.41, 5.74) is 2.27. The smallest absolute Gasteiger partial charge is 0.0420 e. The van der Waals surface area contributed by atoms with Gasteiger partial charge >= 0.3 is 0 Å². The average Bonchev–Trinajstić information content (AvgIpc) is 2.14. The van der Waals surface area contributed by atoms with Crippen LogP contribution in [-0.2, 0) is 0 Å². The summed E-state index contributed by atoms with van der Waals surface area (Å²) in [4.78, 5) is 0. The highest BCUT2D eigenvalue weighted by atomic mass is 32.2. The Morgan fingerprint density at radius 3 is 2.75 bits per heavy atom. The maximum atomic E-state index is 8.42. The maximum absolute atomic E-state index is 8.42. The second-order valence-electron chi connectivity index (χ2n) is 2.21. The van der Waals surface area contributed by atoms with Crippen molar-refractivity contribution in [3.8, 4) is 0 Å². The van der Waals surface area contributed by atoms with Crippen LogP contribution in [0.15, 0.2) is 0 Å². The van der Waals surface area contributed by atoms with Gasteiger partial charge in [-0.25, -0.2) is 5.48 Å². The number of rotatable bonds is 1. The van der Waals surface area contributed by atoms with Gasteiger partial charge in [0.2, 0.25) is 0 Å². The first-order valence-electron chi connectivity index (χ1n) is 2.84. The fraction of sp³-hybridized carbons (Fsp3) is 1.00. The number of hydroxylamine groups is 1. The van der Waals surface area contributed by atoms with Crippen molar-refractivity contribution in [1.29, 1.82) is 0 Å². The third kappa shape index (κ3) is 1.37. The minimum Gasteiger partial charge on any atom is -0.317 e. The van der Waals surface area contributed by atoms with E-state index in [0.29, 0.717) is 6.04 Å². The lowest BCUT2D eigenvalue weighted by molar-refractivity contribution is 0.134. The SMILES string of the molecule is CC1CC(NO)CS1. The Hall–Kier alpha value is 0.270. The van der Waals surface area contributed by atoms with Crippen LogP contribution in [0.3, 0.4) is 0 Å². The predicted molar refractivity (Wildman–Crippen MR) is 35.2 cm³/mol. The first-order valence-corrected chi connectivity index (χ1v) is 3.89. The first-order chi connectivity index (χ1) is 3.83. The average molecular weight is 133 g/mol. The van der Waals surface area contributed by atoms with E-state index in [2.05, 4.69) is 12.4 Å². The van der Waals surface area contributed by atoms with Crippen LogP contribution in [-0.4, -0.2) is 22.3 Å². The largest absolute Gasteiger partial charge is 0.317 e. The van der Waals surface area contributed by atoms with Gasteiger partial charge in [-0.3, -0.25) is 0 Å². The Kier molecular flexibility index (Phi) is 2.16. The molecule has 3 heteroatoms. The molecule has 1 heterocycles. The summed E-state index contributed by atoms with van der Waals surface area (Å²) in [6.45, 7) is 2.18. The van der Waals surface area contributed by atoms with Gasteiger partial charge in [-0.15, -0.1) is 0 Å². The van der Waals surface area contributed by atoms with Crippen LogP contribution in [0.2, 0.25) is 0 Å². The Labute approximate surface area is 53.6 Å². The molecule has 2 unspecified atom stereocenters. The lowest BCUT2D eigenvalue weighted by Gasteiger charge is -2.02. The zero-order valence-electron chi connectivity index (χ0n) is 4.92. The molecule has 0 aromatic rings. The molecule has 1 aliphatic heterocycles. The fourth-order valence-electron chi connectivity index (χ4n) is 0.907. The van der Waals surface area contributed by atoms with Crippen LogP contribution < -0.4 is 5.48 Å². The number of nitrogens with one attached hydrogen (secondary N) is 1. The summed E-state index contributed by atoms with van der Waals surface area (Å²) in [6.07, 6.45) is 1.10. The van der Waals surface area contributed by atoms with Crippen LogP contribution in [0.25, 0.3) is 0 Å². The highest BCUT2D eigenvalue weighted by molar-refractivity contribution is 8.00. The molecule has 0 bridgehead atoms. The molecule has 0 radical (unpaired) electrons. The highest BCUT2D eigenvalue weighted by Crippen LogP contribution is 2.25. The van der Waals surface area contributed by atoms with Crippen molar-refractivity contribution < 1.29 is 5.21 Å². The van der Waals surface area contributed by atoms with Gasteiger partial charge in [0.15, 0.2) is 0 Å². The van der Waals surface area contributed by atoms with E-state index in [4.69, 9.17) is 5.21 Å². The van der Waals surface area contributed by atoms with E-state index < -0.39 is 0 Å². The molecule has 0 aromatic heterocycles. The Balaban J connectivity index is 2.22. The molecule has 0 aliphatic carbocycles. The first kappa shape index (κ1) is 6.39. The van der Waals surface area contributed by atoms with Crippen molar-refractivity contribution >= 4 is 11.8 Å². The van der Waals surface area contributed by atoms with E-state index in [1.807, 2.05) is 11.8 Å². The van der Waals surface area contributed by atoms with Crippen molar-refractivity contribution in [2.45, 2.75) is 24.6 Å². The van der Waals surface area contributed by atoms with Crippen LogP contribution in [0.4, 0.5) is 0 Å². The van der Waals surface area contributed by atoms with Crippen molar-refractivity contribution in [1.82, 2.24) is 5.48 Å². The molecule has 0 spiro atoms. The predicted octanol–water partition coefficient (Wildman–Crippen LogP) is 0.859. The summed E-state index contributed by atoms with van der Waals surface area (Å²) in [5, 5.41) is 9.14. The van der Waals surface area contributed by atoms with Crippen LogP contribution in [0.1, 0.15) is 13.3 Å². The molecular formula is C5H11NOS. The number of hydrogen-bond donors (Lipinski definition) is 2. The van der Waals surface area contributed by atoms with Gasteiger partial charge in [0.25, 0.3) is 0 Å². The third-order valence-corrected chi connectivity index (χ3v) is 2.74. The molecule has 1 fully saturated rings. The van der Waals surface area contributed by atoms with Crippen LogP contribution in [0.5, 0.6) is 0 Å². The molecule has 48 valence electrons. The number of thioether (sulfide) groups is 1. The van der Waals surface area contributed by atoms with Crippen molar-refractivity contribution in [3.63, 3.8) is 0 Å². The van der Waals surface area contributed by atoms with Gasteiger partial charge in [0.1, 0.15) is 0 Å². The van der Waals surface area contributed by atoms with E-state index >= 15 is 0 Å². The van der Waals surface area contributed by atoms with Crippen LogP contribution >= 0.6 is 11.8 Å². The van der Waals surface area contributed by atoms with Crippen molar-refractivity contribution in [2.75, 3.05) is 5.75 Å². The molecule has 0 amide bonds. The van der Waals surface area contributed by atoms with E-state index in [1.54, 1.807) is 0 Å². The molecule has 0 aromatic carbocycles. The van der Waals surface area contributed by atoms with Gasteiger partial charge < -0.3 is 5.21 Å². The molecule has 1 saturated heterocycles. The Bertz CT molecular complexity index is 78.8. The second kappa shape index (κ2) is 2.71. The Morgan fingerprint density at radius 1 is 1.75 bits per heavy atom. The van der Waals surface area contributed by atoms with Crippen LogP contribution in [0, 0.1) is 0 Å². The molecular weight excluding hydrogens is 122 g/mol. The van der Waals surface area contributed by atoms with Gasteiger partial charge in [0, 0.05) is 17.0 Å². The van der Waals surface area contributed by atoms with Gasteiger partial charge in [0.05, 0.1) is 0 Å². The van der Waals surface area contributed by atoms with E-state index in [0.717, 1.165) is 17.4 Å². The standard InChI is InChI=1S/C5H11NOS/c1-4-2-5(6-7)3-8-4/h4-7H,2-3H2,1H3. The van der Waals surface area contributed by atoms with Crippen molar-refractivity contribution in [2.24, 2.45) is 0 Å². The molecule has 1 rings (SSSR count). The fourth-order valence-corrected chi connectivity index (χ4v) is 2.05. The van der Waals surface area contributed by atoms with E-state index in [9.17, 15) is 0 Å². The van der Waals surface area contributed by atoms with Gasteiger partial charge in [-0.2, -0.15) is 11.8 Å². The van der Waals surface area contributed by atoms with Gasteiger partial charge in [-0.05, 0) is 6.42 Å². The Morgan fingerprint density at radius 2 is 2.50 bits per heavy atom. The van der Waals surface area contributed by atoms with Gasteiger partial charge in [-0.1, -0.05) is 6.92 Å².